The molecule has 0 radical (unpaired) electrons. The Morgan fingerprint density at radius 1 is 0.642 bits per heavy atom. The maximum Gasteiger partial charge on any atom is 0.247 e. The fourth-order valence-electron chi connectivity index (χ4n) is 4.56. The number of anilines is 2. The Labute approximate surface area is 332 Å². The van der Waals surface area contributed by atoms with E-state index >= 15 is 0 Å². The van der Waals surface area contributed by atoms with E-state index in [0.29, 0.717) is 31.4 Å². The maximum atomic E-state index is 12.9. The van der Waals surface area contributed by atoms with Gasteiger partial charge in [-0.2, -0.15) is 0 Å². The lowest BCUT2D eigenvalue weighted by Gasteiger charge is -2.23. The minimum absolute atomic E-state index is 0.0963. The zero-order valence-corrected chi connectivity index (χ0v) is 36.6. The van der Waals surface area contributed by atoms with E-state index in [1.54, 1.807) is 48.5 Å². The number of carbonyl (C=O) groups is 2. The van der Waals surface area contributed by atoms with Crippen LogP contribution in [-0.4, -0.2) is 48.1 Å². The molecule has 0 atom stereocenters. The zero-order valence-electron chi connectivity index (χ0n) is 31.8. The van der Waals surface area contributed by atoms with Gasteiger partial charge in [-0.05, 0) is 75.4 Å². The average molecular weight is 844 g/mol. The first-order valence-electron chi connectivity index (χ1n) is 16.6. The largest absolute Gasteiger partial charge is 0.301 e. The van der Waals surface area contributed by atoms with Crippen LogP contribution in [0, 0.1) is 6.92 Å². The second-order valence-corrected chi connectivity index (χ2v) is 23.5. The topological polar surface area (TPSA) is 152 Å². The molecule has 10 nitrogen and oxygen atoms in total. The Hall–Kier alpha value is -2.88. The van der Waals surface area contributed by atoms with Crippen LogP contribution < -0.4 is 10.6 Å². The van der Waals surface area contributed by atoms with Crippen LogP contribution in [0.25, 0.3) is 0 Å². The minimum atomic E-state index is -3.76. The number of amides is 2. The lowest BCUT2D eigenvalue weighted by atomic mass is 9.93. The van der Waals surface area contributed by atoms with E-state index < -0.39 is 41.0 Å². The molecule has 0 saturated carbocycles. The zero-order chi connectivity index (χ0) is 40.4. The average Bonchev–Trinajstić information content (AvgIpc) is 3.66. The molecule has 0 unspecified atom stereocenters. The number of thiazole rings is 2. The summed E-state index contributed by atoms with van der Waals surface area (Å²) in [5.41, 5.74) is 2.61. The quantitative estimate of drug-likeness (QED) is 0.160. The SMILES string of the molecule is CC(C)(C)c1csc(NC(=O)C(C)(C)S(=O)(=O)Cc2ccc(Cl)cc2)n1.Cc1nc(NC(=O)C(C)(C)S(=O)(=O)Cc2ccc(Cl)cc2)sc1C(C)(C)C. The molecule has 2 amide bonds. The second-order valence-electron chi connectivity index (χ2n) is 15.7. The third-order valence-electron chi connectivity index (χ3n) is 8.38. The monoisotopic (exact) mass is 842 g/mol. The van der Waals surface area contributed by atoms with Crippen molar-refractivity contribution in [2.24, 2.45) is 0 Å². The standard InChI is InChI=1S/C19H25ClN2O3S2.C18H23ClN2O3S2/c1-12-15(18(2,3)4)26-17(21-12)22-16(23)19(5,6)27(24,25)11-13-7-9-14(20)10-8-13;1-17(2,3)14-10-25-16(20-14)21-15(22)18(4,5)26(23,24)11-12-6-8-13(19)9-7-12/h7-10H,11H2,1-6H3,(H,21,22,23);6-10H,11H2,1-5H3,(H,20,21,22). The molecule has 0 aliphatic carbocycles. The highest BCUT2D eigenvalue weighted by Crippen LogP contribution is 2.35. The molecule has 53 heavy (non-hydrogen) atoms. The molecule has 0 saturated heterocycles. The predicted octanol–water partition coefficient (Wildman–Crippen LogP) is 9.16. The number of aromatic nitrogens is 2. The van der Waals surface area contributed by atoms with Crippen LogP contribution >= 0.6 is 45.9 Å². The maximum absolute atomic E-state index is 12.9. The van der Waals surface area contributed by atoms with Crippen molar-refractivity contribution < 1.29 is 26.4 Å². The van der Waals surface area contributed by atoms with Crippen molar-refractivity contribution in [1.82, 2.24) is 9.97 Å². The van der Waals surface area contributed by atoms with Crippen LogP contribution in [0.1, 0.15) is 96.6 Å². The first-order valence-corrected chi connectivity index (χ1v) is 22.3. The van der Waals surface area contributed by atoms with Crippen molar-refractivity contribution in [2.45, 2.75) is 108 Å². The number of nitrogens with one attached hydrogen (secondary N) is 2. The molecule has 16 heteroatoms. The predicted molar refractivity (Wildman–Crippen MR) is 220 cm³/mol. The van der Waals surface area contributed by atoms with Gasteiger partial charge in [0.1, 0.15) is 9.49 Å². The molecule has 2 N–H and O–H groups in total. The molecule has 4 aromatic rings. The number of aryl methyl sites for hydroxylation is 1. The number of hydrogen-bond acceptors (Lipinski definition) is 10. The molecule has 4 rings (SSSR count). The summed E-state index contributed by atoms with van der Waals surface area (Å²) in [5, 5.41) is 9.07. The summed E-state index contributed by atoms with van der Waals surface area (Å²) in [6.45, 7) is 19.8. The number of halogens is 2. The van der Waals surface area contributed by atoms with Crippen LogP contribution in [0.3, 0.4) is 0 Å². The van der Waals surface area contributed by atoms with Gasteiger partial charge in [0.05, 0.1) is 22.9 Å². The summed E-state index contributed by atoms with van der Waals surface area (Å²) in [7, 11) is -7.50. The Morgan fingerprint density at radius 3 is 1.38 bits per heavy atom. The molecule has 0 aliphatic rings. The summed E-state index contributed by atoms with van der Waals surface area (Å²) in [5.74, 6) is -1.67. The Bertz CT molecular complexity index is 2150. The van der Waals surface area contributed by atoms with Crippen molar-refractivity contribution in [3.8, 4) is 0 Å². The highest BCUT2D eigenvalue weighted by atomic mass is 35.5. The number of benzene rings is 2. The van der Waals surface area contributed by atoms with Gasteiger partial charge in [0.2, 0.25) is 11.8 Å². The van der Waals surface area contributed by atoms with Crippen LogP contribution in [0.2, 0.25) is 10.0 Å². The van der Waals surface area contributed by atoms with Gasteiger partial charge in [-0.25, -0.2) is 26.8 Å². The second kappa shape index (κ2) is 16.5. The van der Waals surface area contributed by atoms with Gasteiger partial charge in [-0.1, -0.05) is 89.0 Å². The number of nitrogens with zero attached hydrogens (tertiary/aromatic N) is 2. The number of sulfone groups is 2. The van der Waals surface area contributed by atoms with E-state index in [4.69, 9.17) is 23.2 Å². The highest BCUT2D eigenvalue weighted by Gasteiger charge is 2.43. The molecule has 0 bridgehead atoms. The first-order chi connectivity index (χ1) is 24.1. The van der Waals surface area contributed by atoms with Crippen molar-refractivity contribution in [1.29, 1.82) is 0 Å². The molecular weight excluding hydrogens is 796 g/mol. The fraction of sp³-hybridized carbons (Fsp3) is 0.459. The lowest BCUT2D eigenvalue weighted by molar-refractivity contribution is -0.118. The summed E-state index contributed by atoms with van der Waals surface area (Å²) in [6.07, 6.45) is 0. The van der Waals surface area contributed by atoms with Gasteiger partial charge in [0.15, 0.2) is 29.9 Å². The van der Waals surface area contributed by atoms with Gasteiger partial charge in [-0.3, -0.25) is 9.59 Å². The number of hydrogen-bond donors (Lipinski definition) is 2. The molecule has 2 heterocycles. The summed E-state index contributed by atoms with van der Waals surface area (Å²) in [6, 6.07) is 13.1. The molecular formula is C37H48Cl2N4O6S4. The third-order valence-corrected chi connectivity index (χ3v) is 16.0. The fourth-order valence-corrected chi connectivity index (χ4v) is 9.41. The van der Waals surface area contributed by atoms with Crippen molar-refractivity contribution in [2.75, 3.05) is 10.6 Å². The van der Waals surface area contributed by atoms with Crippen molar-refractivity contribution >= 4 is 87.6 Å². The molecule has 0 aliphatic heterocycles. The lowest BCUT2D eigenvalue weighted by Crippen LogP contribution is -2.45. The van der Waals surface area contributed by atoms with Crippen LogP contribution in [0.5, 0.6) is 0 Å². The Balaban J connectivity index is 0.000000286. The van der Waals surface area contributed by atoms with Gasteiger partial charge < -0.3 is 10.6 Å². The Kier molecular flexibility index (Phi) is 13.8. The number of rotatable bonds is 10. The minimum Gasteiger partial charge on any atom is -0.301 e. The van der Waals surface area contributed by atoms with Crippen molar-refractivity contribution in [3.05, 3.63) is 91.3 Å². The van der Waals surface area contributed by atoms with Gasteiger partial charge >= 0.3 is 0 Å². The normalized spacial score (nSPS) is 12.8. The molecule has 2 aromatic carbocycles. The van der Waals surface area contributed by atoms with E-state index in [9.17, 15) is 26.4 Å². The first kappa shape index (κ1) is 44.5. The summed E-state index contributed by atoms with van der Waals surface area (Å²) >= 11 is 14.3. The Morgan fingerprint density at radius 2 is 1.04 bits per heavy atom. The van der Waals surface area contributed by atoms with E-state index in [1.165, 1.54) is 50.4 Å². The van der Waals surface area contributed by atoms with Crippen LogP contribution in [0.4, 0.5) is 10.3 Å². The van der Waals surface area contributed by atoms with Crippen LogP contribution in [0.15, 0.2) is 53.9 Å². The van der Waals surface area contributed by atoms with E-state index in [2.05, 4.69) is 41.4 Å². The van der Waals surface area contributed by atoms with Crippen LogP contribution in [-0.2, 0) is 51.6 Å². The molecule has 290 valence electrons. The van der Waals surface area contributed by atoms with Gasteiger partial charge in [0, 0.05) is 25.7 Å². The molecule has 0 spiro atoms. The summed E-state index contributed by atoms with van der Waals surface area (Å²) < 4.78 is 48.1. The molecule has 2 aromatic heterocycles. The smallest absolute Gasteiger partial charge is 0.247 e. The van der Waals surface area contributed by atoms with E-state index in [-0.39, 0.29) is 22.3 Å². The number of carbonyl (C=O) groups excluding carboxylic acids is 2. The highest BCUT2D eigenvalue weighted by molar-refractivity contribution is 7.93. The van der Waals surface area contributed by atoms with Gasteiger partial charge in [-0.15, -0.1) is 22.7 Å². The van der Waals surface area contributed by atoms with E-state index in [1.807, 2.05) is 33.1 Å². The van der Waals surface area contributed by atoms with Crippen molar-refractivity contribution in [3.63, 3.8) is 0 Å². The summed E-state index contributed by atoms with van der Waals surface area (Å²) in [4.78, 5) is 35.2. The van der Waals surface area contributed by atoms with E-state index in [0.717, 1.165) is 16.3 Å². The third kappa shape index (κ3) is 11.3. The van der Waals surface area contributed by atoms with Gasteiger partial charge in [0.25, 0.3) is 0 Å². The molecule has 0 fully saturated rings.